The fourth-order valence-corrected chi connectivity index (χ4v) is 2.58. The normalized spacial score (nSPS) is 10.8. The molecule has 1 amide bonds. The Morgan fingerprint density at radius 3 is 2.80 bits per heavy atom. The predicted octanol–water partition coefficient (Wildman–Crippen LogP) is 2.53. The lowest BCUT2D eigenvalue weighted by molar-refractivity contribution is 0.0949. The molecule has 1 aromatic heterocycles. The minimum atomic E-state index is -0.163. The Hall–Kier alpha value is -2.86. The Labute approximate surface area is 146 Å². The van der Waals surface area contributed by atoms with Gasteiger partial charge >= 0.3 is 0 Å². The standard InChI is InChI=1S/C19H21N3O3/c1-22-17-9-4-3-8-16(17)21-18(22)13-20-19(23)14-6-5-7-15(12-14)25-11-10-24-2/h3-9,12H,10-11,13H2,1-2H3,(H,20,23). The molecule has 1 N–H and O–H groups in total. The van der Waals surface area contributed by atoms with E-state index in [9.17, 15) is 4.79 Å². The number of imidazole rings is 1. The van der Waals surface area contributed by atoms with Gasteiger partial charge in [0.25, 0.3) is 5.91 Å². The molecule has 3 aromatic rings. The number of ether oxygens (including phenoxy) is 2. The first-order valence-electron chi connectivity index (χ1n) is 8.09. The number of aryl methyl sites for hydroxylation is 1. The Morgan fingerprint density at radius 1 is 1.16 bits per heavy atom. The fraction of sp³-hybridized carbons (Fsp3) is 0.263. The Bertz CT molecular complexity index is 873. The molecule has 0 fully saturated rings. The van der Waals surface area contributed by atoms with Gasteiger partial charge in [0.05, 0.1) is 24.2 Å². The predicted molar refractivity (Wildman–Crippen MR) is 95.7 cm³/mol. The number of benzene rings is 2. The van der Waals surface area contributed by atoms with Gasteiger partial charge in [-0.15, -0.1) is 0 Å². The maximum absolute atomic E-state index is 12.4. The number of rotatable bonds is 7. The van der Waals surface area contributed by atoms with Crippen LogP contribution in [0.25, 0.3) is 11.0 Å². The van der Waals surface area contributed by atoms with Gasteiger partial charge in [0.2, 0.25) is 0 Å². The second kappa shape index (κ2) is 7.81. The highest BCUT2D eigenvalue weighted by molar-refractivity contribution is 5.94. The van der Waals surface area contributed by atoms with Crippen molar-refractivity contribution in [3.8, 4) is 5.75 Å². The van der Waals surface area contributed by atoms with E-state index in [0.29, 0.717) is 31.1 Å². The van der Waals surface area contributed by atoms with Crippen LogP contribution in [0.2, 0.25) is 0 Å². The summed E-state index contributed by atoms with van der Waals surface area (Å²) in [7, 11) is 3.56. The maximum atomic E-state index is 12.4. The monoisotopic (exact) mass is 339 g/mol. The highest BCUT2D eigenvalue weighted by Crippen LogP contribution is 2.15. The lowest BCUT2D eigenvalue weighted by Gasteiger charge is -2.08. The van der Waals surface area contributed by atoms with Crippen LogP contribution in [0.3, 0.4) is 0 Å². The Balaban J connectivity index is 1.65. The number of nitrogens with one attached hydrogen (secondary N) is 1. The number of aromatic nitrogens is 2. The molecule has 0 spiro atoms. The van der Waals surface area contributed by atoms with Crippen LogP contribution in [0, 0.1) is 0 Å². The van der Waals surface area contributed by atoms with Crippen molar-refractivity contribution in [1.29, 1.82) is 0 Å². The summed E-state index contributed by atoms with van der Waals surface area (Å²) in [6, 6.07) is 15.0. The molecule has 0 saturated carbocycles. The van der Waals surface area contributed by atoms with Gasteiger partial charge in [-0.3, -0.25) is 4.79 Å². The number of nitrogens with zero attached hydrogens (tertiary/aromatic N) is 2. The molecular weight excluding hydrogens is 318 g/mol. The molecule has 3 rings (SSSR count). The molecule has 0 atom stereocenters. The average Bonchev–Trinajstić information content (AvgIpc) is 2.96. The van der Waals surface area contributed by atoms with Crippen LogP contribution < -0.4 is 10.1 Å². The van der Waals surface area contributed by atoms with Gasteiger partial charge in [0, 0.05) is 19.7 Å². The van der Waals surface area contributed by atoms with Crippen LogP contribution in [0.15, 0.2) is 48.5 Å². The highest BCUT2D eigenvalue weighted by Gasteiger charge is 2.10. The SMILES string of the molecule is COCCOc1cccc(C(=O)NCc2nc3ccccc3n2C)c1. The number of amides is 1. The summed E-state index contributed by atoms with van der Waals surface area (Å²) in [4.78, 5) is 17.0. The average molecular weight is 339 g/mol. The second-order valence-electron chi connectivity index (χ2n) is 5.63. The maximum Gasteiger partial charge on any atom is 0.251 e. The molecule has 0 bridgehead atoms. The third-order valence-corrected chi connectivity index (χ3v) is 3.94. The summed E-state index contributed by atoms with van der Waals surface area (Å²) < 4.78 is 12.5. The van der Waals surface area contributed by atoms with Crippen molar-refractivity contribution in [2.75, 3.05) is 20.3 Å². The van der Waals surface area contributed by atoms with E-state index in [1.165, 1.54) is 0 Å². The fourth-order valence-electron chi connectivity index (χ4n) is 2.58. The van der Waals surface area contributed by atoms with E-state index in [0.717, 1.165) is 16.9 Å². The van der Waals surface area contributed by atoms with Crippen molar-refractivity contribution in [3.63, 3.8) is 0 Å². The number of methoxy groups -OCH3 is 1. The summed E-state index contributed by atoms with van der Waals surface area (Å²) >= 11 is 0. The summed E-state index contributed by atoms with van der Waals surface area (Å²) in [5.74, 6) is 1.29. The van der Waals surface area contributed by atoms with Crippen LogP contribution >= 0.6 is 0 Å². The minimum Gasteiger partial charge on any atom is -0.491 e. The van der Waals surface area contributed by atoms with Gasteiger partial charge in [-0.25, -0.2) is 4.98 Å². The smallest absolute Gasteiger partial charge is 0.251 e. The minimum absolute atomic E-state index is 0.163. The molecule has 0 unspecified atom stereocenters. The van der Waals surface area contributed by atoms with E-state index in [2.05, 4.69) is 10.3 Å². The van der Waals surface area contributed by atoms with Crippen LogP contribution in [0.5, 0.6) is 5.75 Å². The van der Waals surface area contributed by atoms with Gasteiger partial charge in [-0.2, -0.15) is 0 Å². The van der Waals surface area contributed by atoms with Crippen LogP contribution in [0.1, 0.15) is 16.2 Å². The number of hydrogen-bond acceptors (Lipinski definition) is 4. The molecule has 25 heavy (non-hydrogen) atoms. The summed E-state index contributed by atoms with van der Waals surface area (Å²) in [6.45, 7) is 1.31. The van der Waals surface area contributed by atoms with Gasteiger partial charge in [0.1, 0.15) is 18.2 Å². The highest BCUT2D eigenvalue weighted by atomic mass is 16.5. The van der Waals surface area contributed by atoms with Crippen molar-refractivity contribution in [1.82, 2.24) is 14.9 Å². The van der Waals surface area contributed by atoms with Crippen molar-refractivity contribution in [2.45, 2.75) is 6.54 Å². The number of hydrogen-bond donors (Lipinski definition) is 1. The van der Waals surface area contributed by atoms with Gasteiger partial charge < -0.3 is 19.4 Å². The third kappa shape index (κ3) is 3.97. The molecule has 6 heteroatoms. The van der Waals surface area contributed by atoms with Gasteiger partial charge in [-0.1, -0.05) is 18.2 Å². The van der Waals surface area contributed by atoms with Crippen LogP contribution in [-0.4, -0.2) is 35.8 Å². The van der Waals surface area contributed by atoms with E-state index in [-0.39, 0.29) is 5.91 Å². The number of carbonyl (C=O) groups excluding carboxylic acids is 1. The second-order valence-corrected chi connectivity index (χ2v) is 5.63. The van der Waals surface area contributed by atoms with Crippen molar-refractivity contribution < 1.29 is 14.3 Å². The molecule has 0 aliphatic rings. The molecule has 0 radical (unpaired) electrons. The number of fused-ring (bicyclic) bond motifs is 1. The van der Waals surface area contributed by atoms with E-state index >= 15 is 0 Å². The zero-order valence-corrected chi connectivity index (χ0v) is 14.4. The Morgan fingerprint density at radius 2 is 2.00 bits per heavy atom. The lowest BCUT2D eigenvalue weighted by atomic mass is 10.2. The first-order chi connectivity index (χ1) is 12.2. The van der Waals surface area contributed by atoms with Crippen LogP contribution in [0.4, 0.5) is 0 Å². The molecule has 6 nitrogen and oxygen atoms in total. The van der Waals surface area contributed by atoms with Crippen LogP contribution in [-0.2, 0) is 18.3 Å². The first kappa shape index (κ1) is 17.0. The largest absolute Gasteiger partial charge is 0.491 e. The molecule has 0 saturated heterocycles. The topological polar surface area (TPSA) is 65.4 Å². The van der Waals surface area contributed by atoms with Gasteiger partial charge in [0.15, 0.2) is 0 Å². The van der Waals surface area contributed by atoms with Gasteiger partial charge in [-0.05, 0) is 30.3 Å². The van der Waals surface area contributed by atoms with E-state index in [4.69, 9.17) is 9.47 Å². The Kier molecular flexibility index (Phi) is 5.30. The number of para-hydroxylation sites is 2. The third-order valence-electron chi connectivity index (χ3n) is 3.94. The summed E-state index contributed by atoms with van der Waals surface area (Å²) in [5, 5.41) is 2.91. The number of carbonyl (C=O) groups is 1. The molecule has 1 heterocycles. The molecule has 0 aliphatic heterocycles. The summed E-state index contributed by atoms with van der Waals surface area (Å²) in [5.41, 5.74) is 2.51. The zero-order valence-electron chi connectivity index (χ0n) is 14.4. The molecular formula is C19H21N3O3. The summed E-state index contributed by atoms with van der Waals surface area (Å²) in [6.07, 6.45) is 0. The van der Waals surface area contributed by atoms with Crippen molar-refractivity contribution in [3.05, 3.63) is 59.9 Å². The van der Waals surface area contributed by atoms with E-state index in [1.807, 2.05) is 41.9 Å². The van der Waals surface area contributed by atoms with E-state index in [1.54, 1.807) is 25.3 Å². The quantitative estimate of drug-likeness (QED) is 0.672. The zero-order chi connectivity index (χ0) is 17.6. The van der Waals surface area contributed by atoms with Crippen molar-refractivity contribution in [2.24, 2.45) is 7.05 Å². The first-order valence-corrected chi connectivity index (χ1v) is 8.09. The molecule has 2 aromatic carbocycles. The van der Waals surface area contributed by atoms with E-state index < -0.39 is 0 Å². The molecule has 0 aliphatic carbocycles. The lowest BCUT2D eigenvalue weighted by Crippen LogP contribution is -2.24. The van der Waals surface area contributed by atoms with Crippen molar-refractivity contribution >= 4 is 16.9 Å². The molecule has 130 valence electrons.